The molecule has 1 fully saturated rings. The minimum Gasteiger partial charge on any atom is -0.352 e. The van der Waals surface area contributed by atoms with Crippen molar-refractivity contribution in [2.75, 3.05) is 7.05 Å². The Labute approximate surface area is 146 Å². The Kier molecular flexibility index (Phi) is 5.17. The zero-order valence-corrected chi connectivity index (χ0v) is 14.3. The second-order valence-electron chi connectivity index (χ2n) is 6.28. The molecular weight excluding hydrogens is 327 g/mol. The topological polar surface area (TPSA) is 32.3 Å². The zero-order chi connectivity index (χ0) is 17.1. The molecule has 126 valence electrons. The number of carbonyl (C=O) groups excluding carboxylic acids is 1. The highest BCUT2D eigenvalue weighted by atomic mass is 35.5. The SMILES string of the molecule is CN(Cc1ccc(Cl)cc1)[C@@H](C(=O)NC1CC1)c1ccc(F)cc1. The molecule has 0 saturated heterocycles. The predicted octanol–water partition coefficient (Wildman–Crippen LogP) is 3.93. The first-order valence-electron chi connectivity index (χ1n) is 8.03. The average molecular weight is 347 g/mol. The monoisotopic (exact) mass is 346 g/mol. The third-order valence-electron chi connectivity index (χ3n) is 4.14. The van der Waals surface area contributed by atoms with Gasteiger partial charge < -0.3 is 5.32 Å². The molecule has 1 atom stereocenters. The summed E-state index contributed by atoms with van der Waals surface area (Å²) >= 11 is 5.92. The highest BCUT2D eigenvalue weighted by Crippen LogP contribution is 2.25. The number of hydrogen-bond acceptors (Lipinski definition) is 2. The molecule has 1 saturated carbocycles. The molecule has 3 nitrogen and oxygen atoms in total. The third kappa shape index (κ3) is 4.34. The van der Waals surface area contributed by atoms with E-state index >= 15 is 0 Å². The summed E-state index contributed by atoms with van der Waals surface area (Å²) in [5.41, 5.74) is 1.85. The molecule has 0 radical (unpaired) electrons. The van der Waals surface area contributed by atoms with Gasteiger partial charge in [0.15, 0.2) is 0 Å². The van der Waals surface area contributed by atoms with Crippen molar-refractivity contribution >= 4 is 17.5 Å². The van der Waals surface area contributed by atoms with Gasteiger partial charge in [-0.2, -0.15) is 0 Å². The summed E-state index contributed by atoms with van der Waals surface area (Å²) in [6.45, 7) is 0.595. The van der Waals surface area contributed by atoms with E-state index in [4.69, 9.17) is 11.6 Å². The Hall–Kier alpha value is -1.91. The van der Waals surface area contributed by atoms with Crippen LogP contribution in [0.2, 0.25) is 5.02 Å². The number of nitrogens with zero attached hydrogens (tertiary/aromatic N) is 1. The maximum Gasteiger partial charge on any atom is 0.242 e. The number of benzene rings is 2. The van der Waals surface area contributed by atoms with Crippen molar-refractivity contribution in [3.63, 3.8) is 0 Å². The van der Waals surface area contributed by atoms with Crippen LogP contribution in [0.25, 0.3) is 0 Å². The van der Waals surface area contributed by atoms with Crippen LogP contribution >= 0.6 is 11.6 Å². The van der Waals surface area contributed by atoms with E-state index in [1.165, 1.54) is 12.1 Å². The maximum atomic E-state index is 13.2. The van der Waals surface area contributed by atoms with Gasteiger partial charge in [0.05, 0.1) is 0 Å². The van der Waals surface area contributed by atoms with Gasteiger partial charge in [0, 0.05) is 17.6 Å². The van der Waals surface area contributed by atoms with Gasteiger partial charge in [-0.05, 0) is 55.3 Å². The Balaban J connectivity index is 1.80. The third-order valence-corrected chi connectivity index (χ3v) is 4.40. The first kappa shape index (κ1) is 16.9. The molecule has 2 aromatic rings. The van der Waals surface area contributed by atoms with Crippen molar-refractivity contribution in [1.82, 2.24) is 10.2 Å². The number of carbonyl (C=O) groups is 1. The molecule has 0 heterocycles. The van der Waals surface area contributed by atoms with E-state index in [0.29, 0.717) is 11.6 Å². The molecule has 24 heavy (non-hydrogen) atoms. The summed E-state index contributed by atoms with van der Waals surface area (Å²) in [5, 5.41) is 3.73. The molecule has 1 N–H and O–H groups in total. The van der Waals surface area contributed by atoms with E-state index in [1.54, 1.807) is 12.1 Å². The summed E-state index contributed by atoms with van der Waals surface area (Å²) in [4.78, 5) is 14.7. The van der Waals surface area contributed by atoms with Crippen LogP contribution in [0.1, 0.15) is 30.0 Å². The van der Waals surface area contributed by atoms with Crippen LogP contribution < -0.4 is 5.32 Å². The molecule has 1 aliphatic carbocycles. The summed E-state index contributed by atoms with van der Waals surface area (Å²) < 4.78 is 13.2. The van der Waals surface area contributed by atoms with Crippen molar-refractivity contribution in [3.05, 3.63) is 70.5 Å². The van der Waals surface area contributed by atoms with Crippen LogP contribution in [0.5, 0.6) is 0 Å². The smallest absolute Gasteiger partial charge is 0.242 e. The summed E-state index contributed by atoms with van der Waals surface area (Å²) in [7, 11) is 1.90. The predicted molar refractivity (Wildman–Crippen MR) is 93.2 cm³/mol. The Morgan fingerprint density at radius 2 is 1.83 bits per heavy atom. The lowest BCUT2D eigenvalue weighted by Crippen LogP contribution is -2.39. The second-order valence-corrected chi connectivity index (χ2v) is 6.71. The van der Waals surface area contributed by atoms with Gasteiger partial charge in [0.2, 0.25) is 5.91 Å². The fraction of sp³-hybridized carbons (Fsp3) is 0.316. The summed E-state index contributed by atoms with van der Waals surface area (Å²) in [5.74, 6) is -0.346. The molecule has 2 aromatic carbocycles. The lowest BCUT2D eigenvalue weighted by Gasteiger charge is -2.27. The van der Waals surface area contributed by atoms with Gasteiger partial charge in [0.25, 0.3) is 0 Å². The van der Waals surface area contributed by atoms with Gasteiger partial charge in [-0.1, -0.05) is 35.9 Å². The van der Waals surface area contributed by atoms with Crippen molar-refractivity contribution < 1.29 is 9.18 Å². The van der Waals surface area contributed by atoms with E-state index in [9.17, 15) is 9.18 Å². The average Bonchev–Trinajstić information content (AvgIpc) is 3.36. The van der Waals surface area contributed by atoms with Crippen LogP contribution in [0.15, 0.2) is 48.5 Å². The molecular formula is C19H20ClFN2O. The molecule has 1 amide bonds. The van der Waals surface area contributed by atoms with Gasteiger partial charge in [-0.15, -0.1) is 0 Å². The van der Waals surface area contributed by atoms with E-state index < -0.39 is 6.04 Å². The van der Waals surface area contributed by atoms with Gasteiger partial charge >= 0.3 is 0 Å². The van der Waals surface area contributed by atoms with Crippen LogP contribution in [-0.2, 0) is 11.3 Å². The molecule has 0 spiro atoms. The van der Waals surface area contributed by atoms with Crippen molar-refractivity contribution in [3.8, 4) is 0 Å². The quantitative estimate of drug-likeness (QED) is 0.859. The highest BCUT2D eigenvalue weighted by Gasteiger charge is 2.30. The van der Waals surface area contributed by atoms with Crippen molar-refractivity contribution in [2.24, 2.45) is 0 Å². The van der Waals surface area contributed by atoms with Crippen LogP contribution in [0.3, 0.4) is 0 Å². The zero-order valence-electron chi connectivity index (χ0n) is 13.5. The number of halogens is 2. The number of amides is 1. The number of nitrogens with one attached hydrogen (secondary N) is 1. The normalized spacial score (nSPS) is 15.3. The minimum atomic E-state index is -0.457. The number of hydrogen-bond donors (Lipinski definition) is 1. The molecule has 0 aliphatic heterocycles. The summed E-state index contributed by atoms with van der Waals surface area (Å²) in [6.07, 6.45) is 2.06. The minimum absolute atomic E-state index is 0.0411. The standard InChI is InChI=1S/C19H20ClFN2O/c1-23(12-13-2-6-15(20)7-3-13)18(19(24)22-17-10-11-17)14-4-8-16(21)9-5-14/h2-9,17-18H,10-12H2,1H3,(H,22,24)/t18-/m1/s1. The Morgan fingerprint density at radius 1 is 1.21 bits per heavy atom. The van der Waals surface area contributed by atoms with Crippen LogP contribution in [-0.4, -0.2) is 23.9 Å². The molecule has 1 aliphatic rings. The van der Waals surface area contributed by atoms with Gasteiger partial charge in [-0.3, -0.25) is 9.69 Å². The molecule has 3 rings (SSSR count). The first-order chi connectivity index (χ1) is 11.5. The number of likely N-dealkylation sites (N-methyl/N-ethyl adjacent to an activating group) is 1. The second kappa shape index (κ2) is 7.32. The summed E-state index contributed by atoms with van der Waals surface area (Å²) in [6, 6.07) is 13.5. The molecule has 5 heteroatoms. The molecule has 0 unspecified atom stereocenters. The largest absolute Gasteiger partial charge is 0.352 e. The van der Waals surface area contributed by atoms with Crippen LogP contribution in [0.4, 0.5) is 4.39 Å². The van der Waals surface area contributed by atoms with E-state index in [2.05, 4.69) is 5.32 Å². The molecule has 0 aromatic heterocycles. The fourth-order valence-corrected chi connectivity index (χ4v) is 2.85. The van der Waals surface area contributed by atoms with Crippen molar-refractivity contribution in [1.29, 1.82) is 0 Å². The fourth-order valence-electron chi connectivity index (χ4n) is 2.73. The van der Waals surface area contributed by atoms with Crippen LogP contribution in [0, 0.1) is 5.82 Å². The van der Waals surface area contributed by atoms with Crippen molar-refractivity contribution in [2.45, 2.75) is 31.5 Å². The van der Waals surface area contributed by atoms with E-state index in [0.717, 1.165) is 24.0 Å². The van der Waals surface area contributed by atoms with Gasteiger partial charge in [-0.25, -0.2) is 4.39 Å². The van der Waals surface area contributed by atoms with E-state index in [-0.39, 0.29) is 17.8 Å². The maximum absolute atomic E-state index is 13.2. The van der Waals surface area contributed by atoms with Gasteiger partial charge in [0.1, 0.15) is 11.9 Å². The number of rotatable bonds is 6. The highest BCUT2D eigenvalue weighted by molar-refractivity contribution is 6.30. The Morgan fingerprint density at radius 3 is 2.42 bits per heavy atom. The van der Waals surface area contributed by atoms with E-state index in [1.807, 2.05) is 36.2 Å². The Bertz CT molecular complexity index is 698. The lowest BCUT2D eigenvalue weighted by molar-refractivity contribution is -0.126. The first-order valence-corrected chi connectivity index (χ1v) is 8.41. The molecule has 0 bridgehead atoms. The lowest BCUT2D eigenvalue weighted by atomic mass is 10.0.